The molecule has 0 atom stereocenters. The minimum Gasteiger partial charge on any atom is -0.396 e. The van der Waals surface area contributed by atoms with Gasteiger partial charge in [-0.15, -0.1) is 0 Å². The average Bonchev–Trinajstić information content (AvgIpc) is 2.22. The number of alkyl halides is 3. The van der Waals surface area contributed by atoms with Crippen molar-refractivity contribution in [3.8, 4) is 0 Å². The smallest absolute Gasteiger partial charge is 0.395 e. The van der Waals surface area contributed by atoms with Gasteiger partial charge in [-0.05, 0) is 53.4 Å². The molecule has 0 fully saturated rings. The van der Waals surface area contributed by atoms with E-state index in [0.717, 1.165) is 0 Å². The molecule has 0 aliphatic carbocycles. The molecule has 0 saturated carbocycles. The highest BCUT2D eigenvalue weighted by Crippen LogP contribution is 2.41. The zero-order chi connectivity index (χ0) is 17.3. The lowest BCUT2D eigenvalue weighted by Gasteiger charge is -2.48. The van der Waals surface area contributed by atoms with Crippen LogP contribution in [-0.4, -0.2) is 40.9 Å². The Morgan fingerprint density at radius 1 is 0.952 bits per heavy atom. The van der Waals surface area contributed by atoms with Crippen LogP contribution in [0.15, 0.2) is 0 Å². The van der Waals surface area contributed by atoms with Crippen LogP contribution in [-0.2, 0) is 0 Å². The predicted molar refractivity (Wildman–Crippen MR) is 81.2 cm³/mol. The summed E-state index contributed by atoms with van der Waals surface area (Å²) in [6.45, 7) is 14.1. The van der Waals surface area contributed by atoms with E-state index >= 15 is 0 Å². The molecule has 128 valence electrons. The normalized spacial score (nSPS) is 15.1. The second-order valence-corrected chi connectivity index (χ2v) is 8.41. The van der Waals surface area contributed by atoms with Crippen molar-refractivity contribution in [3.05, 3.63) is 0 Å². The monoisotopic (exact) mass is 311 g/mol. The maximum Gasteiger partial charge on any atom is 0.395 e. The van der Waals surface area contributed by atoms with Gasteiger partial charge in [-0.2, -0.15) is 13.2 Å². The maximum absolute atomic E-state index is 13.2. The minimum absolute atomic E-state index is 0.00359. The van der Waals surface area contributed by atoms with Gasteiger partial charge in [-0.3, -0.25) is 4.90 Å². The van der Waals surface area contributed by atoms with E-state index in [9.17, 15) is 18.3 Å². The first kappa shape index (κ1) is 20.7. The first-order valence-corrected chi connectivity index (χ1v) is 7.50. The lowest BCUT2D eigenvalue weighted by molar-refractivity contribution is -0.222. The molecule has 2 nitrogen and oxygen atoms in total. The Hall–Kier alpha value is -0.290. The first-order valence-electron chi connectivity index (χ1n) is 7.50. The van der Waals surface area contributed by atoms with Crippen molar-refractivity contribution >= 4 is 0 Å². The van der Waals surface area contributed by atoms with E-state index in [1.165, 1.54) is 13.8 Å². The fourth-order valence-corrected chi connectivity index (χ4v) is 2.94. The number of halogens is 3. The molecular formula is C16H32F3NO. The fourth-order valence-electron chi connectivity index (χ4n) is 2.94. The van der Waals surface area contributed by atoms with Crippen molar-refractivity contribution in [2.45, 2.75) is 79.6 Å². The summed E-state index contributed by atoms with van der Waals surface area (Å²) in [5.74, 6) is 0. The quantitative estimate of drug-likeness (QED) is 0.749. The summed E-state index contributed by atoms with van der Waals surface area (Å²) in [6.07, 6.45) is -3.61. The molecule has 0 aliphatic rings. The maximum atomic E-state index is 13.2. The van der Waals surface area contributed by atoms with Crippen molar-refractivity contribution in [2.24, 2.45) is 10.8 Å². The number of aliphatic hydroxyl groups is 1. The molecule has 21 heavy (non-hydrogen) atoms. The lowest BCUT2D eigenvalue weighted by Crippen LogP contribution is -2.56. The van der Waals surface area contributed by atoms with Crippen LogP contribution in [0.25, 0.3) is 0 Å². The Balaban J connectivity index is 5.33. The number of aliphatic hydroxyl groups excluding tert-OH is 1. The van der Waals surface area contributed by atoms with Gasteiger partial charge in [0.05, 0.1) is 5.41 Å². The summed E-state index contributed by atoms with van der Waals surface area (Å²) in [5, 5.41) is 9.44. The zero-order valence-corrected chi connectivity index (χ0v) is 14.7. The van der Waals surface area contributed by atoms with E-state index in [1.807, 2.05) is 46.4 Å². The van der Waals surface area contributed by atoms with Crippen LogP contribution in [0.3, 0.4) is 0 Å². The summed E-state index contributed by atoms with van der Waals surface area (Å²) in [5.41, 5.74) is -2.51. The molecule has 0 aromatic rings. The molecule has 0 spiro atoms. The Labute approximate surface area is 127 Å². The van der Waals surface area contributed by atoms with Gasteiger partial charge in [0.25, 0.3) is 0 Å². The van der Waals surface area contributed by atoms with Crippen LogP contribution in [0.5, 0.6) is 0 Å². The fraction of sp³-hybridized carbons (Fsp3) is 1.00. The molecule has 0 aromatic heterocycles. The average molecular weight is 311 g/mol. The summed E-state index contributed by atoms with van der Waals surface area (Å²) >= 11 is 0. The van der Waals surface area contributed by atoms with E-state index in [-0.39, 0.29) is 24.6 Å². The zero-order valence-electron chi connectivity index (χ0n) is 14.7. The Morgan fingerprint density at radius 2 is 1.38 bits per heavy atom. The van der Waals surface area contributed by atoms with Gasteiger partial charge in [0.15, 0.2) is 0 Å². The van der Waals surface area contributed by atoms with Gasteiger partial charge in [-0.25, -0.2) is 0 Å². The van der Waals surface area contributed by atoms with Crippen LogP contribution >= 0.6 is 0 Å². The first-order chi connectivity index (χ1) is 9.06. The third kappa shape index (κ3) is 5.78. The largest absolute Gasteiger partial charge is 0.396 e. The van der Waals surface area contributed by atoms with E-state index < -0.39 is 17.1 Å². The van der Waals surface area contributed by atoms with Crippen LogP contribution in [0.2, 0.25) is 0 Å². The SMILES string of the molecule is CC(C)N(CC(C)(C)C(F)(F)F)C(C)(C)CC(C)(C)CO. The number of nitrogens with zero attached hydrogens (tertiary/aromatic N) is 1. The van der Waals surface area contributed by atoms with Crippen molar-refractivity contribution < 1.29 is 18.3 Å². The Bertz CT molecular complexity index is 333. The Kier molecular flexibility index (Phi) is 6.36. The van der Waals surface area contributed by atoms with Gasteiger partial charge < -0.3 is 5.11 Å². The van der Waals surface area contributed by atoms with Crippen LogP contribution in [0.4, 0.5) is 13.2 Å². The highest BCUT2D eigenvalue weighted by molar-refractivity contribution is 4.93. The van der Waals surface area contributed by atoms with Gasteiger partial charge >= 0.3 is 6.18 Å². The van der Waals surface area contributed by atoms with E-state index in [2.05, 4.69) is 0 Å². The Morgan fingerprint density at radius 3 is 1.67 bits per heavy atom. The number of hydrogen-bond donors (Lipinski definition) is 1. The molecule has 0 aromatic carbocycles. The molecule has 0 rings (SSSR count). The summed E-state index contributed by atoms with van der Waals surface area (Å²) in [6, 6.07) is -0.00359. The molecule has 1 N–H and O–H groups in total. The lowest BCUT2D eigenvalue weighted by atomic mass is 9.78. The molecule has 0 radical (unpaired) electrons. The number of hydrogen-bond acceptors (Lipinski definition) is 2. The van der Waals surface area contributed by atoms with Gasteiger partial charge in [-0.1, -0.05) is 13.8 Å². The third-order valence-corrected chi connectivity index (χ3v) is 4.07. The van der Waals surface area contributed by atoms with Crippen LogP contribution in [0.1, 0.15) is 61.8 Å². The molecule has 0 unspecified atom stereocenters. The van der Waals surface area contributed by atoms with Crippen LogP contribution in [0, 0.1) is 10.8 Å². The van der Waals surface area contributed by atoms with Gasteiger partial charge in [0.1, 0.15) is 0 Å². The standard InChI is InChI=1S/C16H32F3NO/c1-12(2)20(10-14(5,6)16(17,18)19)15(7,8)9-13(3,4)11-21/h12,21H,9-11H2,1-8H3. The topological polar surface area (TPSA) is 23.5 Å². The highest BCUT2D eigenvalue weighted by Gasteiger charge is 2.50. The number of rotatable bonds is 7. The van der Waals surface area contributed by atoms with E-state index in [0.29, 0.717) is 6.42 Å². The van der Waals surface area contributed by atoms with Crippen molar-refractivity contribution in [2.75, 3.05) is 13.2 Å². The predicted octanol–water partition coefficient (Wildman–Crippen LogP) is 4.47. The summed E-state index contributed by atoms with van der Waals surface area (Å²) < 4.78 is 39.5. The summed E-state index contributed by atoms with van der Waals surface area (Å²) in [4.78, 5) is 1.90. The van der Waals surface area contributed by atoms with Gasteiger partial charge in [0.2, 0.25) is 0 Å². The van der Waals surface area contributed by atoms with E-state index in [4.69, 9.17) is 0 Å². The van der Waals surface area contributed by atoms with Crippen molar-refractivity contribution in [1.82, 2.24) is 4.90 Å². The van der Waals surface area contributed by atoms with E-state index in [1.54, 1.807) is 0 Å². The minimum atomic E-state index is -4.23. The highest BCUT2D eigenvalue weighted by atomic mass is 19.4. The molecule has 0 heterocycles. The molecule has 0 aliphatic heterocycles. The second kappa shape index (κ2) is 6.45. The molecule has 5 heteroatoms. The van der Waals surface area contributed by atoms with Crippen molar-refractivity contribution in [1.29, 1.82) is 0 Å². The van der Waals surface area contributed by atoms with Gasteiger partial charge in [0, 0.05) is 24.7 Å². The molecular weight excluding hydrogens is 279 g/mol. The molecule has 0 saturated heterocycles. The second-order valence-electron chi connectivity index (χ2n) is 8.41. The summed E-state index contributed by atoms with van der Waals surface area (Å²) in [7, 11) is 0. The van der Waals surface area contributed by atoms with Crippen LogP contribution < -0.4 is 0 Å². The molecule has 0 amide bonds. The molecule has 0 bridgehead atoms. The van der Waals surface area contributed by atoms with Crippen molar-refractivity contribution in [3.63, 3.8) is 0 Å². The third-order valence-electron chi connectivity index (χ3n) is 4.07.